The number of aryl methyl sites for hydroxylation is 1. The normalized spacial score (nSPS) is 10.2. The number of fused-ring (bicyclic) bond motifs is 1. The van der Waals surface area contributed by atoms with Gasteiger partial charge < -0.3 is 0 Å². The molecule has 0 atom stereocenters. The zero-order valence-electron chi connectivity index (χ0n) is 14.0. The number of benzene rings is 3. The quantitative estimate of drug-likeness (QED) is 0.642. The summed E-state index contributed by atoms with van der Waals surface area (Å²) in [5.41, 5.74) is 1.47. The summed E-state index contributed by atoms with van der Waals surface area (Å²) in [7, 11) is 0. The van der Waals surface area contributed by atoms with Crippen LogP contribution < -0.4 is 8.47 Å². The van der Waals surface area contributed by atoms with E-state index < -0.39 is 0 Å². The van der Waals surface area contributed by atoms with E-state index in [1.165, 1.54) is 44.1 Å². The summed E-state index contributed by atoms with van der Waals surface area (Å²) < 4.78 is 2.70. The molecule has 0 heterocycles. The van der Waals surface area contributed by atoms with E-state index in [2.05, 4.69) is 109 Å². The summed E-state index contributed by atoms with van der Waals surface area (Å²) in [6.07, 6.45) is 3.83. The molecule has 102 valence electrons. The Bertz CT molecular complexity index is 697. The Morgan fingerprint density at radius 3 is 2.14 bits per heavy atom. The van der Waals surface area contributed by atoms with Crippen molar-refractivity contribution in [1.29, 1.82) is 0 Å². The molecule has 2 heteroatoms. The SMILES string of the molecule is [Li][c]1ccc(CCCC)cc1.[Li][c]1cccc2ccccc12. The maximum absolute atomic E-state index is 2.23. The van der Waals surface area contributed by atoms with Crippen LogP contribution in [-0.2, 0) is 6.42 Å². The Labute approximate surface area is 152 Å². The number of hydrogen-bond acceptors (Lipinski definition) is 0. The first-order valence-corrected chi connectivity index (χ1v) is 8.20. The van der Waals surface area contributed by atoms with Crippen molar-refractivity contribution in [2.45, 2.75) is 26.2 Å². The molecule has 0 aliphatic rings. The standard InChI is InChI=1S/C10H7.C10H13.2Li/c1-2-6-10-8-4-3-7-9(10)5-1;1-2-3-7-10-8-5-4-6-9-10;;/h1-7H;5-6,8-9H,2-3,7H2,1H3;;. The van der Waals surface area contributed by atoms with Crippen molar-refractivity contribution in [3.8, 4) is 0 Å². The Kier molecular flexibility index (Phi) is 7.38. The summed E-state index contributed by atoms with van der Waals surface area (Å²) >= 11 is 4.27. The van der Waals surface area contributed by atoms with Gasteiger partial charge in [0.25, 0.3) is 0 Å². The minimum atomic E-state index is 1.23. The zero-order valence-corrected chi connectivity index (χ0v) is 14.0. The van der Waals surface area contributed by atoms with Crippen LogP contribution in [0.4, 0.5) is 0 Å². The van der Waals surface area contributed by atoms with Crippen molar-refractivity contribution >= 4 is 54.7 Å². The van der Waals surface area contributed by atoms with Gasteiger partial charge in [0, 0.05) is 0 Å². The fourth-order valence-corrected chi connectivity index (χ4v) is 2.52. The van der Waals surface area contributed by atoms with E-state index in [-0.39, 0.29) is 0 Å². The third-order valence-electron chi connectivity index (χ3n) is 3.95. The van der Waals surface area contributed by atoms with Gasteiger partial charge in [-0.2, -0.15) is 0 Å². The third kappa shape index (κ3) is 5.39. The molecule has 0 saturated heterocycles. The molecular formula is C20H20Li2. The second kappa shape index (κ2) is 9.30. The van der Waals surface area contributed by atoms with Crippen LogP contribution in [0.5, 0.6) is 0 Å². The number of rotatable bonds is 3. The molecule has 0 aliphatic carbocycles. The molecule has 3 rings (SSSR count). The van der Waals surface area contributed by atoms with Crippen molar-refractivity contribution in [3.05, 3.63) is 72.3 Å². The van der Waals surface area contributed by atoms with Crippen molar-refractivity contribution in [3.63, 3.8) is 0 Å². The second-order valence-electron chi connectivity index (χ2n) is 5.89. The number of hydrogen-bond donors (Lipinski definition) is 0. The van der Waals surface area contributed by atoms with Gasteiger partial charge >= 0.3 is 153 Å². The first-order valence-electron chi connectivity index (χ1n) is 8.20. The van der Waals surface area contributed by atoms with Crippen molar-refractivity contribution in [2.24, 2.45) is 0 Å². The van der Waals surface area contributed by atoms with Gasteiger partial charge in [-0.15, -0.1) is 0 Å². The predicted octanol–water partition coefficient (Wildman–Crippen LogP) is 3.46. The van der Waals surface area contributed by atoms with Crippen LogP contribution in [0.3, 0.4) is 0 Å². The van der Waals surface area contributed by atoms with Crippen LogP contribution in [-0.4, -0.2) is 35.4 Å². The third-order valence-corrected chi connectivity index (χ3v) is 3.95. The molecule has 0 unspecified atom stereocenters. The molecule has 0 fully saturated rings. The van der Waals surface area contributed by atoms with Gasteiger partial charge in [0.05, 0.1) is 0 Å². The molecule has 0 aromatic heterocycles. The van der Waals surface area contributed by atoms with Crippen LogP contribution in [0.1, 0.15) is 25.3 Å². The van der Waals surface area contributed by atoms with Crippen LogP contribution in [0, 0.1) is 0 Å². The van der Waals surface area contributed by atoms with E-state index in [9.17, 15) is 0 Å². The molecule has 0 spiro atoms. The molecule has 0 bridgehead atoms. The van der Waals surface area contributed by atoms with E-state index >= 15 is 0 Å². The number of unbranched alkanes of at least 4 members (excludes halogenated alkanes) is 1. The van der Waals surface area contributed by atoms with Gasteiger partial charge in [-0.05, 0) is 0 Å². The van der Waals surface area contributed by atoms with Gasteiger partial charge in [0.1, 0.15) is 0 Å². The van der Waals surface area contributed by atoms with Crippen LogP contribution >= 0.6 is 0 Å². The molecule has 0 saturated carbocycles. The van der Waals surface area contributed by atoms with Gasteiger partial charge in [-0.1, -0.05) is 0 Å². The summed E-state index contributed by atoms with van der Waals surface area (Å²) in [5, 5.41) is 2.68. The van der Waals surface area contributed by atoms with Crippen molar-refractivity contribution in [1.82, 2.24) is 0 Å². The Morgan fingerprint density at radius 1 is 0.773 bits per heavy atom. The molecule has 0 nitrogen and oxygen atoms in total. The second-order valence-corrected chi connectivity index (χ2v) is 5.89. The molecule has 0 aliphatic heterocycles. The van der Waals surface area contributed by atoms with Crippen LogP contribution in [0.15, 0.2) is 66.7 Å². The van der Waals surface area contributed by atoms with E-state index in [0.717, 1.165) is 0 Å². The summed E-state index contributed by atoms with van der Waals surface area (Å²) in [5.74, 6) is 0. The van der Waals surface area contributed by atoms with E-state index in [1.54, 1.807) is 0 Å². The van der Waals surface area contributed by atoms with Gasteiger partial charge in [-0.3, -0.25) is 0 Å². The monoisotopic (exact) mass is 274 g/mol. The molecule has 3 aromatic rings. The Balaban J connectivity index is 0.000000160. The summed E-state index contributed by atoms with van der Waals surface area (Å²) in [4.78, 5) is 0. The van der Waals surface area contributed by atoms with E-state index in [4.69, 9.17) is 0 Å². The predicted molar refractivity (Wildman–Crippen MR) is 99.8 cm³/mol. The zero-order chi connectivity index (χ0) is 15.8. The van der Waals surface area contributed by atoms with Crippen LogP contribution in [0.25, 0.3) is 10.8 Å². The molecule has 3 aromatic carbocycles. The average Bonchev–Trinajstić information content (AvgIpc) is 2.56. The average molecular weight is 274 g/mol. The van der Waals surface area contributed by atoms with Gasteiger partial charge in [-0.25, -0.2) is 0 Å². The topological polar surface area (TPSA) is 0 Å². The molecule has 0 N–H and O–H groups in total. The Morgan fingerprint density at radius 2 is 1.45 bits per heavy atom. The van der Waals surface area contributed by atoms with Gasteiger partial charge in [0.2, 0.25) is 0 Å². The van der Waals surface area contributed by atoms with Gasteiger partial charge in [0.15, 0.2) is 0 Å². The maximum atomic E-state index is 2.23. The van der Waals surface area contributed by atoms with Crippen molar-refractivity contribution < 1.29 is 0 Å². The Hall–Kier alpha value is -0.885. The molecule has 0 radical (unpaired) electrons. The summed E-state index contributed by atoms with van der Waals surface area (Å²) in [6, 6.07) is 23.7. The molecule has 0 amide bonds. The van der Waals surface area contributed by atoms with E-state index in [1.807, 2.05) is 0 Å². The van der Waals surface area contributed by atoms with Crippen LogP contribution in [0.2, 0.25) is 0 Å². The molecular weight excluding hydrogens is 254 g/mol. The fourth-order valence-electron chi connectivity index (χ4n) is 2.52. The van der Waals surface area contributed by atoms with Crippen molar-refractivity contribution in [2.75, 3.05) is 0 Å². The fraction of sp³-hybridized carbons (Fsp3) is 0.200. The minimum absolute atomic E-state index is 1.23. The summed E-state index contributed by atoms with van der Waals surface area (Å²) in [6.45, 7) is 2.23. The molecule has 22 heavy (non-hydrogen) atoms. The first kappa shape index (κ1) is 17.5. The van der Waals surface area contributed by atoms with E-state index in [0.29, 0.717) is 0 Å². The first-order chi connectivity index (χ1) is 10.7.